The molecule has 0 aromatic heterocycles. The predicted octanol–water partition coefficient (Wildman–Crippen LogP) is 1.30. The summed E-state index contributed by atoms with van der Waals surface area (Å²) in [6, 6.07) is 1.51. The second kappa shape index (κ2) is 3.81. The zero-order valence-electron chi connectivity index (χ0n) is 6.74. The highest BCUT2D eigenvalue weighted by Crippen LogP contribution is 2.29. The molecule has 0 aliphatic rings. The Morgan fingerprint density at radius 1 is 1.50 bits per heavy atom. The molecule has 0 spiro atoms. The van der Waals surface area contributed by atoms with E-state index in [1.54, 1.807) is 0 Å². The van der Waals surface area contributed by atoms with Gasteiger partial charge in [-0.3, -0.25) is 0 Å². The Hall–Kier alpha value is -1.33. The number of aromatic hydroxyl groups is 1. The highest BCUT2D eigenvalue weighted by atomic mass is 35.5. The van der Waals surface area contributed by atoms with Crippen molar-refractivity contribution in [3.63, 3.8) is 0 Å². The lowest BCUT2D eigenvalue weighted by Gasteiger charge is -2.08. The highest BCUT2D eigenvalue weighted by molar-refractivity contribution is 6.30. The van der Waals surface area contributed by atoms with Crippen molar-refractivity contribution in [3.05, 3.63) is 28.5 Å². The van der Waals surface area contributed by atoms with Crippen LogP contribution in [-0.2, 0) is 4.79 Å². The van der Waals surface area contributed by atoms with Crippen molar-refractivity contribution in [3.8, 4) is 5.75 Å². The van der Waals surface area contributed by atoms with Crippen LogP contribution >= 0.6 is 11.6 Å². The van der Waals surface area contributed by atoms with Gasteiger partial charge in [0.25, 0.3) is 0 Å². The maximum absolute atomic E-state index is 12.7. The Morgan fingerprint density at radius 2 is 2.07 bits per heavy atom. The van der Waals surface area contributed by atoms with Crippen molar-refractivity contribution < 1.29 is 24.5 Å². The number of aliphatic hydroxyl groups is 1. The van der Waals surface area contributed by atoms with E-state index in [4.69, 9.17) is 26.9 Å². The molecule has 4 nitrogen and oxygen atoms in total. The fourth-order valence-electron chi connectivity index (χ4n) is 0.904. The van der Waals surface area contributed by atoms with E-state index in [1.165, 1.54) is 0 Å². The summed E-state index contributed by atoms with van der Waals surface area (Å²) in [6.45, 7) is 0. The van der Waals surface area contributed by atoms with Crippen molar-refractivity contribution in [2.75, 3.05) is 0 Å². The van der Waals surface area contributed by atoms with Crippen LogP contribution in [0.4, 0.5) is 4.39 Å². The van der Waals surface area contributed by atoms with Gasteiger partial charge < -0.3 is 15.3 Å². The average molecular weight is 221 g/mol. The molecule has 76 valence electrons. The van der Waals surface area contributed by atoms with Crippen LogP contribution in [0.1, 0.15) is 11.7 Å². The van der Waals surface area contributed by atoms with E-state index in [-0.39, 0.29) is 10.6 Å². The first-order valence-electron chi connectivity index (χ1n) is 3.52. The summed E-state index contributed by atoms with van der Waals surface area (Å²) in [6.07, 6.45) is -1.92. The predicted molar refractivity (Wildman–Crippen MR) is 45.7 cm³/mol. The minimum Gasteiger partial charge on any atom is -0.507 e. The zero-order chi connectivity index (χ0) is 10.9. The van der Waals surface area contributed by atoms with Gasteiger partial charge in [-0.2, -0.15) is 0 Å². The molecule has 0 saturated carbocycles. The molecule has 0 saturated heterocycles. The number of halogens is 2. The number of carboxylic acid groups (broad SMARTS) is 1. The van der Waals surface area contributed by atoms with Crippen LogP contribution in [0.2, 0.25) is 5.02 Å². The molecule has 14 heavy (non-hydrogen) atoms. The number of carbonyl (C=O) groups is 1. The molecule has 1 atom stereocenters. The summed E-state index contributed by atoms with van der Waals surface area (Å²) >= 11 is 5.34. The Morgan fingerprint density at radius 3 is 2.57 bits per heavy atom. The lowest BCUT2D eigenvalue weighted by Crippen LogP contribution is -2.10. The zero-order valence-corrected chi connectivity index (χ0v) is 7.49. The highest BCUT2D eigenvalue weighted by Gasteiger charge is 2.21. The third kappa shape index (κ3) is 1.94. The normalized spacial score (nSPS) is 12.5. The van der Waals surface area contributed by atoms with Gasteiger partial charge in [-0.15, -0.1) is 0 Å². The number of aliphatic hydroxyl groups excluding tert-OH is 1. The Bertz CT molecular complexity index is 380. The van der Waals surface area contributed by atoms with Crippen LogP contribution in [0.3, 0.4) is 0 Å². The van der Waals surface area contributed by atoms with Gasteiger partial charge in [0, 0.05) is 11.6 Å². The minimum atomic E-state index is -1.92. The lowest BCUT2D eigenvalue weighted by atomic mass is 10.1. The van der Waals surface area contributed by atoms with E-state index < -0.39 is 23.6 Å². The largest absolute Gasteiger partial charge is 0.507 e. The maximum atomic E-state index is 12.7. The van der Waals surface area contributed by atoms with Gasteiger partial charge in [-0.25, -0.2) is 9.18 Å². The number of phenolic OH excluding ortho intramolecular Hbond substituents is 1. The van der Waals surface area contributed by atoms with Crippen LogP contribution in [0.5, 0.6) is 5.75 Å². The van der Waals surface area contributed by atoms with Crippen LogP contribution in [0.15, 0.2) is 12.1 Å². The Balaban J connectivity index is 3.22. The van der Waals surface area contributed by atoms with Crippen LogP contribution in [0, 0.1) is 5.82 Å². The van der Waals surface area contributed by atoms with Gasteiger partial charge in [0.2, 0.25) is 0 Å². The molecule has 0 bridgehead atoms. The molecule has 0 radical (unpaired) electrons. The molecule has 0 fully saturated rings. The number of phenols is 1. The Kier molecular flexibility index (Phi) is 2.93. The molecule has 1 aromatic carbocycles. The van der Waals surface area contributed by atoms with Crippen LogP contribution < -0.4 is 0 Å². The molecule has 1 rings (SSSR count). The van der Waals surface area contributed by atoms with Gasteiger partial charge in [-0.1, -0.05) is 11.6 Å². The number of benzene rings is 1. The third-order valence-electron chi connectivity index (χ3n) is 1.60. The van der Waals surface area contributed by atoms with E-state index in [0.717, 1.165) is 6.07 Å². The second-order valence-electron chi connectivity index (χ2n) is 2.57. The first-order valence-corrected chi connectivity index (χ1v) is 3.90. The summed E-state index contributed by atoms with van der Waals surface area (Å²) in [5.41, 5.74) is -0.344. The topological polar surface area (TPSA) is 77.8 Å². The third-order valence-corrected chi connectivity index (χ3v) is 1.89. The number of aliphatic carboxylic acids is 1. The van der Waals surface area contributed by atoms with Crippen LogP contribution in [-0.4, -0.2) is 21.3 Å². The van der Waals surface area contributed by atoms with E-state index in [1.807, 2.05) is 0 Å². The summed E-state index contributed by atoms with van der Waals surface area (Å²) in [5.74, 6) is -3.09. The van der Waals surface area contributed by atoms with Gasteiger partial charge in [-0.05, 0) is 6.07 Å². The lowest BCUT2D eigenvalue weighted by molar-refractivity contribution is -0.147. The van der Waals surface area contributed by atoms with E-state index >= 15 is 0 Å². The Labute approximate surface area is 83.2 Å². The first-order chi connectivity index (χ1) is 6.43. The molecule has 0 heterocycles. The number of hydrogen-bond acceptors (Lipinski definition) is 3. The van der Waals surface area contributed by atoms with E-state index in [2.05, 4.69) is 0 Å². The van der Waals surface area contributed by atoms with Crippen LogP contribution in [0.25, 0.3) is 0 Å². The summed E-state index contributed by atoms with van der Waals surface area (Å²) in [4.78, 5) is 10.4. The van der Waals surface area contributed by atoms with Crippen molar-refractivity contribution in [2.24, 2.45) is 0 Å². The monoisotopic (exact) mass is 220 g/mol. The molecular formula is C8H6ClFO4. The second-order valence-corrected chi connectivity index (χ2v) is 2.97. The molecule has 3 N–H and O–H groups in total. The smallest absolute Gasteiger partial charge is 0.337 e. The summed E-state index contributed by atoms with van der Waals surface area (Å²) in [7, 11) is 0. The van der Waals surface area contributed by atoms with Gasteiger partial charge in [0.05, 0.1) is 5.02 Å². The van der Waals surface area contributed by atoms with Crippen molar-refractivity contribution in [2.45, 2.75) is 6.10 Å². The molecule has 6 heteroatoms. The first kappa shape index (κ1) is 10.7. The van der Waals surface area contributed by atoms with Crippen molar-refractivity contribution in [1.82, 2.24) is 0 Å². The molecule has 0 aliphatic heterocycles. The average Bonchev–Trinajstić information content (AvgIpc) is 2.10. The summed E-state index contributed by atoms with van der Waals surface area (Å²) < 4.78 is 12.7. The molecule has 0 amide bonds. The van der Waals surface area contributed by atoms with Crippen molar-refractivity contribution in [1.29, 1.82) is 0 Å². The molecule has 1 aromatic rings. The number of carboxylic acids is 1. The number of rotatable bonds is 2. The van der Waals surface area contributed by atoms with Crippen molar-refractivity contribution >= 4 is 17.6 Å². The fraction of sp³-hybridized carbons (Fsp3) is 0.125. The standard InChI is InChI=1S/C8H6ClFO4/c9-4-1-3(7(12)8(13)14)6(11)2-5(4)10/h1-2,7,11-12H,(H,13,14). The van der Waals surface area contributed by atoms with E-state index in [0.29, 0.717) is 6.07 Å². The van der Waals surface area contributed by atoms with Gasteiger partial charge in [0.15, 0.2) is 6.10 Å². The molecular weight excluding hydrogens is 215 g/mol. The van der Waals surface area contributed by atoms with E-state index in [9.17, 15) is 9.18 Å². The molecule has 0 aliphatic carbocycles. The minimum absolute atomic E-state index is 0.344. The number of hydrogen-bond donors (Lipinski definition) is 3. The summed E-state index contributed by atoms with van der Waals surface area (Å²) in [5, 5.41) is 26.2. The molecule has 1 unspecified atom stereocenters. The maximum Gasteiger partial charge on any atom is 0.337 e. The fourth-order valence-corrected chi connectivity index (χ4v) is 1.08. The SMILES string of the molecule is O=C(O)C(O)c1cc(Cl)c(F)cc1O. The van der Waals surface area contributed by atoms with Gasteiger partial charge in [0.1, 0.15) is 11.6 Å². The quantitative estimate of drug-likeness (QED) is 0.702. The van der Waals surface area contributed by atoms with Gasteiger partial charge >= 0.3 is 5.97 Å².